The standard InChI is InChI=1S/C28H32N2O4Si/c1-3-5-15-23(4-2)22-33-27(31)29-30-28(32)34-35(24-16-9-6-10-17-24,25-18-11-7-12-19-25)26-20-13-8-14-21-26/h6-14,16-21,23H,3-5,15,22H2,1-2H3. The zero-order chi connectivity index (χ0) is 24.9. The van der Waals surface area contributed by atoms with Crippen LogP contribution in [0.3, 0.4) is 0 Å². The molecule has 0 bridgehead atoms. The Labute approximate surface area is 208 Å². The molecule has 3 aromatic rings. The van der Waals surface area contributed by atoms with Crippen LogP contribution >= 0.6 is 0 Å². The summed E-state index contributed by atoms with van der Waals surface area (Å²) in [5, 5.41) is 9.70. The summed E-state index contributed by atoms with van der Waals surface area (Å²) in [6.07, 6.45) is 2.25. The van der Waals surface area contributed by atoms with E-state index < -0.39 is 20.5 Å². The van der Waals surface area contributed by atoms with Crippen LogP contribution in [0, 0.1) is 5.92 Å². The van der Waals surface area contributed by atoms with E-state index in [0.29, 0.717) is 0 Å². The first-order valence-corrected chi connectivity index (χ1v) is 14.0. The summed E-state index contributed by atoms with van der Waals surface area (Å²) in [5.74, 6) is 0.273. The van der Waals surface area contributed by atoms with Crippen LogP contribution in [0.1, 0.15) is 39.5 Å². The van der Waals surface area contributed by atoms with Crippen molar-refractivity contribution < 1.29 is 18.8 Å². The predicted octanol–water partition coefficient (Wildman–Crippen LogP) is 5.60. The number of rotatable bonds is 10. The number of hydrogen-bond acceptors (Lipinski definition) is 4. The van der Waals surface area contributed by atoms with Crippen molar-refractivity contribution in [1.29, 1.82) is 0 Å². The van der Waals surface area contributed by atoms with Crippen molar-refractivity contribution in [2.24, 2.45) is 16.1 Å². The Morgan fingerprint density at radius 1 is 0.743 bits per heavy atom. The Morgan fingerprint density at radius 3 is 1.63 bits per heavy atom. The highest BCUT2D eigenvalue weighted by atomic mass is 28.4. The summed E-state index contributed by atoms with van der Waals surface area (Å²) in [6, 6.07) is 28.9. The lowest BCUT2D eigenvalue weighted by Crippen LogP contribution is -2.69. The summed E-state index contributed by atoms with van der Waals surface area (Å²) in [6.45, 7) is 4.45. The quantitative estimate of drug-likeness (QED) is 0.212. The number of carbonyl (C=O) groups is 2. The molecule has 3 aromatic carbocycles. The molecule has 1 unspecified atom stereocenters. The van der Waals surface area contributed by atoms with Crippen molar-refractivity contribution >= 4 is 36.1 Å². The Morgan fingerprint density at radius 2 is 1.20 bits per heavy atom. The molecule has 3 rings (SSSR count). The van der Waals surface area contributed by atoms with E-state index in [1.165, 1.54) is 0 Å². The third-order valence-electron chi connectivity index (χ3n) is 5.98. The minimum Gasteiger partial charge on any atom is -0.487 e. The van der Waals surface area contributed by atoms with Crippen molar-refractivity contribution in [2.75, 3.05) is 6.61 Å². The van der Waals surface area contributed by atoms with Crippen molar-refractivity contribution in [3.63, 3.8) is 0 Å². The lowest BCUT2D eigenvalue weighted by Gasteiger charge is -2.31. The molecule has 35 heavy (non-hydrogen) atoms. The number of ether oxygens (including phenoxy) is 1. The van der Waals surface area contributed by atoms with Gasteiger partial charge in [0, 0.05) is 0 Å². The van der Waals surface area contributed by atoms with Gasteiger partial charge in [-0.25, -0.2) is 9.59 Å². The molecule has 0 aromatic heterocycles. The molecule has 0 heterocycles. The van der Waals surface area contributed by atoms with Gasteiger partial charge in [0.05, 0.1) is 6.61 Å². The van der Waals surface area contributed by atoms with Gasteiger partial charge in [0.2, 0.25) is 0 Å². The highest BCUT2D eigenvalue weighted by Crippen LogP contribution is 2.14. The van der Waals surface area contributed by atoms with Gasteiger partial charge in [0.25, 0.3) is 0 Å². The SMILES string of the molecule is CCCCC(CC)COC(=O)N=NC(=O)O[Si](c1ccccc1)(c1ccccc1)c1ccccc1. The van der Waals surface area contributed by atoms with Crippen molar-refractivity contribution in [1.82, 2.24) is 0 Å². The van der Waals surface area contributed by atoms with Crippen molar-refractivity contribution in [3.05, 3.63) is 91.0 Å². The molecular weight excluding hydrogens is 456 g/mol. The normalized spacial score (nSPS) is 12.3. The molecule has 0 radical (unpaired) electrons. The molecule has 7 heteroatoms. The van der Waals surface area contributed by atoms with Gasteiger partial charge in [-0.05, 0) is 27.9 Å². The van der Waals surface area contributed by atoms with Gasteiger partial charge < -0.3 is 9.16 Å². The van der Waals surface area contributed by atoms with Crippen LogP contribution < -0.4 is 15.6 Å². The highest BCUT2D eigenvalue weighted by Gasteiger charge is 2.45. The number of hydrogen-bond donors (Lipinski definition) is 0. The third kappa shape index (κ3) is 6.96. The maximum absolute atomic E-state index is 13.0. The van der Waals surface area contributed by atoms with Crippen LogP contribution in [0.4, 0.5) is 9.59 Å². The molecular formula is C28H32N2O4Si. The van der Waals surface area contributed by atoms with Crippen molar-refractivity contribution in [3.8, 4) is 0 Å². The molecule has 0 spiro atoms. The number of amides is 2. The van der Waals surface area contributed by atoms with Gasteiger partial charge in [-0.1, -0.05) is 134 Å². The van der Waals surface area contributed by atoms with Gasteiger partial charge >= 0.3 is 20.5 Å². The summed E-state index contributed by atoms with van der Waals surface area (Å²) >= 11 is 0. The highest BCUT2D eigenvalue weighted by molar-refractivity contribution is 7.07. The van der Waals surface area contributed by atoms with Gasteiger partial charge in [0.1, 0.15) is 0 Å². The zero-order valence-corrected chi connectivity index (χ0v) is 21.3. The Balaban J connectivity index is 1.86. The smallest absolute Gasteiger partial charge is 0.452 e. The second-order valence-electron chi connectivity index (χ2n) is 8.34. The summed E-state index contributed by atoms with van der Waals surface area (Å²) in [4.78, 5) is 25.1. The first-order chi connectivity index (χ1) is 17.1. The van der Waals surface area contributed by atoms with Crippen LogP contribution in [0.15, 0.2) is 101 Å². The van der Waals surface area contributed by atoms with Gasteiger partial charge in [0.15, 0.2) is 0 Å². The number of carbonyl (C=O) groups excluding carboxylic acids is 2. The third-order valence-corrected chi connectivity index (χ3v) is 9.90. The first-order valence-electron chi connectivity index (χ1n) is 12.1. The van der Waals surface area contributed by atoms with Gasteiger partial charge in [-0.2, -0.15) is 0 Å². The largest absolute Gasteiger partial charge is 0.487 e. The fourth-order valence-corrected chi connectivity index (χ4v) is 7.69. The number of azo groups is 1. The summed E-state index contributed by atoms with van der Waals surface area (Å²) in [5.41, 5.74) is 0. The second kappa shape index (κ2) is 13.3. The molecule has 0 fully saturated rings. The van der Waals surface area contributed by atoms with Crippen molar-refractivity contribution in [2.45, 2.75) is 39.5 Å². The minimum atomic E-state index is -3.27. The average Bonchev–Trinajstić information content (AvgIpc) is 2.92. The fourth-order valence-electron chi connectivity index (χ4n) is 4.04. The lowest BCUT2D eigenvalue weighted by molar-refractivity contribution is 0.130. The topological polar surface area (TPSA) is 77.3 Å². The molecule has 6 nitrogen and oxygen atoms in total. The van der Waals surface area contributed by atoms with E-state index in [1.54, 1.807) is 0 Å². The predicted molar refractivity (Wildman–Crippen MR) is 140 cm³/mol. The summed E-state index contributed by atoms with van der Waals surface area (Å²) in [7, 11) is -3.27. The molecule has 2 amide bonds. The molecule has 0 aliphatic heterocycles. The van der Waals surface area contributed by atoms with Crippen LogP contribution in [-0.4, -0.2) is 27.1 Å². The molecule has 1 atom stereocenters. The van der Waals surface area contributed by atoms with Crippen LogP contribution in [-0.2, 0) is 9.16 Å². The van der Waals surface area contributed by atoms with E-state index in [0.717, 1.165) is 41.2 Å². The van der Waals surface area contributed by atoms with Crippen LogP contribution in [0.5, 0.6) is 0 Å². The maximum Gasteiger partial charge on any atom is 0.452 e. The van der Waals surface area contributed by atoms with E-state index >= 15 is 0 Å². The molecule has 0 saturated heterocycles. The van der Waals surface area contributed by atoms with Crippen LogP contribution in [0.25, 0.3) is 0 Å². The lowest BCUT2D eigenvalue weighted by atomic mass is 10.0. The Hall–Kier alpha value is -3.58. The van der Waals surface area contributed by atoms with E-state index in [-0.39, 0.29) is 12.5 Å². The number of unbranched alkanes of at least 4 members (excludes halogenated alkanes) is 1. The first kappa shape index (κ1) is 26.0. The molecule has 0 N–H and O–H groups in total. The van der Waals surface area contributed by atoms with Gasteiger partial charge in [-0.3, -0.25) is 0 Å². The fraction of sp³-hybridized carbons (Fsp3) is 0.286. The van der Waals surface area contributed by atoms with E-state index in [4.69, 9.17) is 9.16 Å². The van der Waals surface area contributed by atoms with Crippen LogP contribution in [0.2, 0.25) is 0 Å². The number of nitrogens with zero attached hydrogens (tertiary/aromatic N) is 2. The minimum absolute atomic E-state index is 0.264. The molecule has 182 valence electrons. The molecule has 0 aliphatic rings. The molecule has 0 saturated carbocycles. The Bertz CT molecular complexity index is 995. The second-order valence-corrected chi connectivity index (χ2v) is 11.6. The van der Waals surface area contributed by atoms with E-state index in [9.17, 15) is 9.59 Å². The van der Waals surface area contributed by atoms with E-state index in [1.807, 2.05) is 91.0 Å². The Kier molecular flexibility index (Phi) is 9.92. The maximum atomic E-state index is 13.0. The monoisotopic (exact) mass is 488 g/mol. The number of benzene rings is 3. The zero-order valence-electron chi connectivity index (χ0n) is 20.3. The van der Waals surface area contributed by atoms with E-state index in [2.05, 4.69) is 24.1 Å². The molecule has 0 aliphatic carbocycles. The average molecular weight is 489 g/mol. The summed E-state index contributed by atoms with van der Waals surface area (Å²) < 4.78 is 11.4. The van der Waals surface area contributed by atoms with Gasteiger partial charge in [-0.15, -0.1) is 0 Å².